The second-order valence-electron chi connectivity index (χ2n) is 4.92. The van der Waals surface area contributed by atoms with Crippen molar-refractivity contribution in [3.63, 3.8) is 0 Å². The molecule has 1 aromatic carbocycles. The zero-order chi connectivity index (χ0) is 10.3. The van der Waals surface area contributed by atoms with E-state index in [1.54, 1.807) is 0 Å². The maximum absolute atomic E-state index is 6.04. The Morgan fingerprint density at radius 3 is 2.79 bits per heavy atom. The van der Waals surface area contributed by atoms with Crippen LogP contribution in [0.2, 0.25) is 5.02 Å². The highest BCUT2D eigenvalue weighted by Gasteiger charge is 2.35. The van der Waals surface area contributed by atoms with Crippen LogP contribution in [-0.2, 0) is 5.41 Å². The number of hydrogen-bond acceptors (Lipinski definition) is 0. The Hall–Kier alpha value is -0.490. The molecule has 0 amide bonds. The largest absolute Gasteiger partial charge is 0.0843 e. The van der Waals surface area contributed by atoms with Crippen LogP contribution in [-0.4, -0.2) is 0 Å². The van der Waals surface area contributed by atoms with Gasteiger partial charge in [-0.05, 0) is 47.4 Å². The molecule has 0 saturated heterocycles. The predicted molar refractivity (Wildman–Crippen MR) is 62.1 cm³/mol. The first-order valence-electron chi connectivity index (χ1n) is 5.34. The number of halogens is 1. The van der Waals surface area contributed by atoms with Crippen LogP contribution in [0.1, 0.15) is 50.7 Å². The maximum Gasteiger partial charge on any atom is 0.0409 e. The lowest BCUT2D eigenvalue weighted by Gasteiger charge is -2.19. The summed E-state index contributed by atoms with van der Waals surface area (Å²) in [5.74, 6) is 0.734. The molecule has 1 atom stereocenters. The third-order valence-electron chi connectivity index (χ3n) is 3.43. The molecule has 0 saturated carbocycles. The fourth-order valence-corrected chi connectivity index (χ4v) is 2.84. The van der Waals surface area contributed by atoms with Gasteiger partial charge in [-0.25, -0.2) is 0 Å². The number of hydrogen-bond donors (Lipinski definition) is 0. The Kier molecular flexibility index (Phi) is 2.35. The normalized spacial score (nSPS) is 23.6. The molecule has 1 heteroatoms. The molecule has 0 heterocycles. The van der Waals surface area contributed by atoms with Crippen molar-refractivity contribution in [3.05, 3.63) is 34.3 Å². The molecular weight excluding hydrogens is 192 g/mol. The van der Waals surface area contributed by atoms with Crippen molar-refractivity contribution in [2.45, 2.75) is 44.9 Å². The molecule has 2 rings (SSSR count). The van der Waals surface area contributed by atoms with Crippen LogP contribution in [0.4, 0.5) is 0 Å². The van der Waals surface area contributed by atoms with Crippen molar-refractivity contribution in [2.24, 2.45) is 0 Å². The highest BCUT2D eigenvalue weighted by Crippen LogP contribution is 2.47. The zero-order valence-electron chi connectivity index (χ0n) is 9.10. The SMILES string of the molecule is CCC1CC(C)(C)c2cc(Cl)ccc21. The fraction of sp³-hybridized carbons (Fsp3) is 0.538. The molecule has 76 valence electrons. The van der Waals surface area contributed by atoms with E-state index in [0.717, 1.165) is 10.9 Å². The summed E-state index contributed by atoms with van der Waals surface area (Å²) in [7, 11) is 0. The molecule has 1 unspecified atom stereocenters. The van der Waals surface area contributed by atoms with Crippen molar-refractivity contribution in [3.8, 4) is 0 Å². The van der Waals surface area contributed by atoms with Gasteiger partial charge < -0.3 is 0 Å². The molecular formula is C13H17Cl. The molecule has 14 heavy (non-hydrogen) atoms. The van der Waals surface area contributed by atoms with Gasteiger partial charge in [0.05, 0.1) is 0 Å². The van der Waals surface area contributed by atoms with E-state index in [4.69, 9.17) is 11.6 Å². The molecule has 0 N–H and O–H groups in total. The molecule has 0 nitrogen and oxygen atoms in total. The number of benzene rings is 1. The Morgan fingerprint density at radius 2 is 2.14 bits per heavy atom. The maximum atomic E-state index is 6.04. The van der Waals surface area contributed by atoms with E-state index in [-0.39, 0.29) is 0 Å². The lowest BCUT2D eigenvalue weighted by Crippen LogP contribution is -2.12. The van der Waals surface area contributed by atoms with Crippen LogP contribution < -0.4 is 0 Å². The molecule has 0 aromatic heterocycles. The highest BCUT2D eigenvalue weighted by molar-refractivity contribution is 6.30. The topological polar surface area (TPSA) is 0 Å². The number of rotatable bonds is 1. The summed E-state index contributed by atoms with van der Waals surface area (Å²) < 4.78 is 0. The predicted octanol–water partition coefficient (Wildman–Crippen LogP) is 4.51. The van der Waals surface area contributed by atoms with E-state index < -0.39 is 0 Å². The summed E-state index contributed by atoms with van der Waals surface area (Å²) in [5, 5.41) is 0.869. The van der Waals surface area contributed by atoms with Gasteiger partial charge >= 0.3 is 0 Å². The minimum Gasteiger partial charge on any atom is -0.0843 e. The smallest absolute Gasteiger partial charge is 0.0409 e. The highest BCUT2D eigenvalue weighted by atomic mass is 35.5. The van der Waals surface area contributed by atoms with E-state index in [2.05, 4.69) is 32.9 Å². The van der Waals surface area contributed by atoms with E-state index in [1.807, 2.05) is 6.07 Å². The monoisotopic (exact) mass is 208 g/mol. The zero-order valence-corrected chi connectivity index (χ0v) is 9.86. The fourth-order valence-electron chi connectivity index (χ4n) is 2.67. The van der Waals surface area contributed by atoms with Gasteiger partial charge in [0.2, 0.25) is 0 Å². The molecule has 0 fully saturated rings. The van der Waals surface area contributed by atoms with E-state index in [1.165, 1.54) is 24.0 Å². The van der Waals surface area contributed by atoms with Crippen LogP contribution in [0.15, 0.2) is 18.2 Å². The summed E-state index contributed by atoms with van der Waals surface area (Å²) in [4.78, 5) is 0. The lowest BCUT2D eigenvalue weighted by molar-refractivity contribution is 0.469. The Balaban J connectivity index is 2.54. The molecule has 0 radical (unpaired) electrons. The van der Waals surface area contributed by atoms with Crippen molar-refractivity contribution in [1.82, 2.24) is 0 Å². The van der Waals surface area contributed by atoms with Crippen LogP contribution in [0.5, 0.6) is 0 Å². The third kappa shape index (κ3) is 1.46. The van der Waals surface area contributed by atoms with Gasteiger partial charge in [0.25, 0.3) is 0 Å². The van der Waals surface area contributed by atoms with E-state index in [9.17, 15) is 0 Å². The molecule has 0 spiro atoms. The summed E-state index contributed by atoms with van der Waals surface area (Å²) in [6.45, 7) is 6.90. The quantitative estimate of drug-likeness (QED) is 0.637. The molecule has 1 aromatic rings. The lowest BCUT2D eigenvalue weighted by atomic mass is 9.86. The first-order valence-corrected chi connectivity index (χ1v) is 5.72. The minimum atomic E-state index is 0.306. The summed E-state index contributed by atoms with van der Waals surface area (Å²) in [6.07, 6.45) is 2.50. The first kappa shape index (κ1) is 10.0. The van der Waals surface area contributed by atoms with Crippen LogP contribution in [0.25, 0.3) is 0 Å². The van der Waals surface area contributed by atoms with Gasteiger partial charge in [0, 0.05) is 5.02 Å². The summed E-state index contributed by atoms with van der Waals surface area (Å²) >= 11 is 6.04. The standard InChI is InChI=1S/C13H17Cl/c1-4-9-8-13(2,3)12-7-10(14)5-6-11(9)12/h5-7,9H,4,8H2,1-3H3. The summed E-state index contributed by atoms with van der Waals surface area (Å²) in [5.41, 5.74) is 3.28. The van der Waals surface area contributed by atoms with Gasteiger partial charge in [0.15, 0.2) is 0 Å². The second-order valence-corrected chi connectivity index (χ2v) is 5.36. The Bertz CT molecular complexity index is 352. The second kappa shape index (κ2) is 3.27. The van der Waals surface area contributed by atoms with Crippen LogP contribution in [0.3, 0.4) is 0 Å². The van der Waals surface area contributed by atoms with Gasteiger partial charge in [-0.2, -0.15) is 0 Å². The van der Waals surface area contributed by atoms with Crippen LogP contribution >= 0.6 is 11.6 Å². The number of fused-ring (bicyclic) bond motifs is 1. The average Bonchev–Trinajstić information content (AvgIpc) is 2.38. The van der Waals surface area contributed by atoms with Gasteiger partial charge in [-0.15, -0.1) is 0 Å². The molecule has 1 aliphatic carbocycles. The van der Waals surface area contributed by atoms with E-state index >= 15 is 0 Å². The van der Waals surface area contributed by atoms with Crippen molar-refractivity contribution >= 4 is 11.6 Å². The van der Waals surface area contributed by atoms with Crippen molar-refractivity contribution < 1.29 is 0 Å². The summed E-state index contributed by atoms with van der Waals surface area (Å²) in [6, 6.07) is 6.37. The van der Waals surface area contributed by atoms with Gasteiger partial charge in [-0.3, -0.25) is 0 Å². The van der Waals surface area contributed by atoms with Crippen LogP contribution in [0, 0.1) is 0 Å². The Morgan fingerprint density at radius 1 is 1.43 bits per heavy atom. The Labute approximate surface area is 91.3 Å². The van der Waals surface area contributed by atoms with E-state index in [0.29, 0.717) is 5.41 Å². The molecule has 0 aliphatic heterocycles. The van der Waals surface area contributed by atoms with Gasteiger partial charge in [0.1, 0.15) is 0 Å². The van der Waals surface area contributed by atoms with Crippen molar-refractivity contribution in [1.29, 1.82) is 0 Å². The third-order valence-corrected chi connectivity index (χ3v) is 3.67. The first-order chi connectivity index (χ1) is 6.54. The van der Waals surface area contributed by atoms with Gasteiger partial charge in [-0.1, -0.05) is 38.4 Å². The van der Waals surface area contributed by atoms with Crippen molar-refractivity contribution in [2.75, 3.05) is 0 Å². The average molecular weight is 209 g/mol. The molecule has 1 aliphatic rings. The molecule has 0 bridgehead atoms. The minimum absolute atomic E-state index is 0.306.